The lowest BCUT2D eigenvalue weighted by atomic mass is 10.2. The third-order valence-corrected chi connectivity index (χ3v) is 4.58. The van der Waals surface area contributed by atoms with Crippen LogP contribution in [0.4, 0.5) is 0 Å². The van der Waals surface area contributed by atoms with E-state index in [9.17, 15) is 9.59 Å². The lowest BCUT2D eigenvalue weighted by Gasteiger charge is -2.20. The molecule has 1 aromatic carbocycles. The fourth-order valence-electron chi connectivity index (χ4n) is 3.07. The van der Waals surface area contributed by atoms with Gasteiger partial charge in [0.25, 0.3) is 11.5 Å². The summed E-state index contributed by atoms with van der Waals surface area (Å²) >= 11 is 0. The molecule has 0 radical (unpaired) electrons. The first-order chi connectivity index (χ1) is 13.0. The van der Waals surface area contributed by atoms with Gasteiger partial charge in [-0.2, -0.15) is 0 Å². The minimum Gasteiger partial charge on any atom is -0.442 e. The molecule has 0 bridgehead atoms. The molecule has 1 amide bonds. The van der Waals surface area contributed by atoms with Crippen molar-refractivity contribution >= 4 is 17.0 Å². The van der Waals surface area contributed by atoms with E-state index in [0.717, 1.165) is 13.1 Å². The normalized spacial score (nSPS) is 11.3. The van der Waals surface area contributed by atoms with Crippen molar-refractivity contribution in [3.8, 4) is 0 Å². The fraction of sp³-hybridized carbons (Fsp3) is 0.350. The Morgan fingerprint density at radius 2 is 2.04 bits per heavy atom. The molecule has 0 unspecified atom stereocenters. The van der Waals surface area contributed by atoms with E-state index in [1.807, 2.05) is 18.2 Å². The Hall–Kier alpha value is -2.93. The summed E-state index contributed by atoms with van der Waals surface area (Å²) in [5, 5.41) is 3.13. The summed E-state index contributed by atoms with van der Waals surface area (Å²) < 4.78 is 6.83. The Kier molecular flexibility index (Phi) is 5.71. The molecule has 0 aliphatic heterocycles. The van der Waals surface area contributed by atoms with Gasteiger partial charge in [-0.25, -0.2) is 4.98 Å². The van der Waals surface area contributed by atoms with Crippen LogP contribution in [0.25, 0.3) is 11.1 Å². The molecule has 0 saturated carbocycles. The van der Waals surface area contributed by atoms with Crippen molar-refractivity contribution in [2.75, 3.05) is 19.6 Å². The van der Waals surface area contributed by atoms with Gasteiger partial charge in [0, 0.05) is 26.7 Å². The molecular weight excluding hydrogens is 344 g/mol. The number of nitrogens with one attached hydrogen (secondary N) is 1. The van der Waals surface area contributed by atoms with Crippen LogP contribution in [0.3, 0.4) is 0 Å². The second-order valence-corrected chi connectivity index (χ2v) is 6.48. The predicted octanol–water partition coefficient (Wildman–Crippen LogP) is 2.09. The van der Waals surface area contributed by atoms with E-state index in [1.54, 1.807) is 14.0 Å². The zero-order chi connectivity index (χ0) is 19.4. The van der Waals surface area contributed by atoms with E-state index in [-0.39, 0.29) is 28.1 Å². The van der Waals surface area contributed by atoms with E-state index in [1.165, 1.54) is 16.5 Å². The summed E-state index contributed by atoms with van der Waals surface area (Å²) in [5.74, 6) is 0.0852. The molecule has 3 aromatic rings. The van der Waals surface area contributed by atoms with Gasteiger partial charge >= 0.3 is 0 Å². The largest absolute Gasteiger partial charge is 0.442 e. The van der Waals surface area contributed by atoms with Crippen molar-refractivity contribution < 1.29 is 9.21 Å². The van der Waals surface area contributed by atoms with Crippen molar-refractivity contribution in [1.82, 2.24) is 19.8 Å². The zero-order valence-electron chi connectivity index (χ0n) is 15.9. The molecule has 0 spiro atoms. The summed E-state index contributed by atoms with van der Waals surface area (Å²) in [6.45, 7) is 6.65. The van der Waals surface area contributed by atoms with Gasteiger partial charge in [0.15, 0.2) is 0 Å². The number of carbonyl (C=O) groups is 1. The third kappa shape index (κ3) is 4.09. The summed E-state index contributed by atoms with van der Waals surface area (Å²) in [4.78, 5) is 31.4. The van der Waals surface area contributed by atoms with Gasteiger partial charge in [0.2, 0.25) is 5.71 Å². The van der Waals surface area contributed by atoms with E-state index in [0.29, 0.717) is 18.8 Å². The lowest BCUT2D eigenvalue weighted by Crippen LogP contribution is -2.35. The first kappa shape index (κ1) is 18.8. The van der Waals surface area contributed by atoms with E-state index >= 15 is 0 Å². The zero-order valence-corrected chi connectivity index (χ0v) is 15.9. The maximum atomic E-state index is 12.7. The minimum absolute atomic E-state index is 0.194. The summed E-state index contributed by atoms with van der Waals surface area (Å²) in [6.07, 6.45) is 1.39. The highest BCUT2D eigenvalue weighted by atomic mass is 16.3. The number of aryl methyl sites for hydroxylation is 2. The predicted molar refractivity (Wildman–Crippen MR) is 104 cm³/mol. The first-order valence-corrected chi connectivity index (χ1v) is 9.00. The Balaban J connectivity index is 1.67. The van der Waals surface area contributed by atoms with Crippen LogP contribution in [0.2, 0.25) is 0 Å². The van der Waals surface area contributed by atoms with Gasteiger partial charge in [-0.3, -0.25) is 14.5 Å². The lowest BCUT2D eigenvalue weighted by molar-refractivity contribution is 0.0948. The maximum absolute atomic E-state index is 12.7. The quantitative estimate of drug-likeness (QED) is 0.691. The van der Waals surface area contributed by atoms with E-state index in [4.69, 9.17) is 4.42 Å². The highest BCUT2D eigenvalue weighted by molar-refractivity contribution is 6.06. The molecule has 0 aliphatic carbocycles. The number of nitrogens with zero attached hydrogens (tertiary/aromatic N) is 3. The van der Waals surface area contributed by atoms with Crippen LogP contribution in [-0.2, 0) is 13.6 Å². The highest BCUT2D eigenvalue weighted by Crippen LogP contribution is 2.20. The van der Waals surface area contributed by atoms with Crippen molar-refractivity contribution in [3.05, 3.63) is 63.9 Å². The number of amides is 1. The van der Waals surface area contributed by atoms with Crippen LogP contribution in [0.5, 0.6) is 0 Å². The van der Waals surface area contributed by atoms with Crippen LogP contribution in [0.15, 0.2) is 45.9 Å². The van der Waals surface area contributed by atoms with Gasteiger partial charge in [0.05, 0.1) is 5.56 Å². The number of aromatic nitrogens is 2. The SMILES string of the molecule is CCN(CCNC(=O)c1c(C)oc2ncn(C)c(=O)c12)Cc1ccccc1. The Morgan fingerprint density at radius 3 is 2.74 bits per heavy atom. The van der Waals surface area contributed by atoms with Crippen molar-refractivity contribution in [2.24, 2.45) is 7.05 Å². The van der Waals surface area contributed by atoms with Crippen LogP contribution < -0.4 is 10.9 Å². The molecule has 3 rings (SSSR count). The van der Waals surface area contributed by atoms with Crippen LogP contribution >= 0.6 is 0 Å². The number of furan rings is 1. The Bertz CT molecular complexity index is 992. The monoisotopic (exact) mass is 368 g/mol. The summed E-state index contributed by atoms with van der Waals surface area (Å²) in [6, 6.07) is 10.2. The molecule has 2 heterocycles. The Morgan fingerprint density at radius 1 is 1.30 bits per heavy atom. The number of rotatable bonds is 7. The molecule has 142 valence electrons. The standard InChI is InChI=1S/C20H24N4O3/c1-4-24(12-15-8-6-5-7-9-15)11-10-21-18(25)16-14(2)27-19-17(16)20(26)23(3)13-22-19/h5-9,13H,4,10-12H2,1-3H3,(H,21,25). The number of hydrogen-bond donors (Lipinski definition) is 1. The van der Waals surface area contributed by atoms with Crippen molar-refractivity contribution in [2.45, 2.75) is 20.4 Å². The second kappa shape index (κ2) is 8.18. The van der Waals surface area contributed by atoms with Gasteiger partial charge < -0.3 is 14.3 Å². The van der Waals surface area contributed by atoms with Gasteiger partial charge in [-0.05, 0) is 19.0 Å². The molecular formula is C20H24N4O3. The molecule has 0 aliphatic rings. The van der Waals surface area contributed by atoms with Crippen molar-refractivity contribution in [1.29, 1.82) is 0 Å². The number of fused-ring (bicyclic) bond motifs is 1. The Labute approximate surface area is 157 Å². The van der Waals surface area contributed by atoms with E-state index < -0.39 is 0 Å². The molecule has 27 heavy (non-hydrogen) atoms. The molecule has 7 heteroatoms. The van der Waals surface area contributed by atoms with Crippen LogP contribution in [-0.4, -0.2) is 40.0 Å². The van der Waals surface area contributed by atoms with Gasteiger partial charge in [0.1, 0.15) is 17.5 Å². The summed E-state index contributed by atoms with van der Waals surface area (Å²) in [5.41, 5.74) is 1.41. The molecule has 2 aromatic heterocycles. The topological polar surface area (TPSA) is 80.4 Å². The molecule has 0 saturated heterocycles. The highest BCUT2D eigenvalue weighted by Gasteiger charge is 2.22. The number of hydrogen-bond acceptors (Lipinski definition) is 5. The maximum Gasteiger partial charge on any atom is 0.265 e. The van der Waals surface area contributed by atoms with Crippen LogP contribution in [0.1, 0.15) is 28.6 Å². The van der Waals surface area contributed by atoms with Gasteiger partial charge in [-0.1, -0.05) is 37.3 Å². The average molecular weight is 368 g/mol. The summed E-state index contributed by atoms with van der Waals surface area (Å²) in [7, 11) is 1.60. The first-order valence-electron chi connectivity index (χ1n) is 9.00. The van der Waals surface area contributed by atoms with E-state index in [2.05, 4.69) is 34.3 Å². The minimum atomic E-state index is -0.313. The van der Waals surface area contributed by atoms with Crippen molar-refractivity contribution in [3.63, 3.8) is 0 Å². The third-order valence-electron chi connectivity index (χ3n) is 4.58. The molecule has 0 atom stereocenters. The fourth-order valence-corrected chi connectivity index (χ4v) is 3.07. The number of benzene rings is 1. The molecule has 1 N–H and O–H groups in total. The average Bonchev–Trinajstić information content (AvgIpc) is 3.01. The van der Waals surface area contributed by atoms with Gasteiger partial charge in [-0.15, -0.1) is 0 Å². The van der Waals surface area contributed by atoms with Crippen LogP contribution in [0, 0.1) is 6.92 Å². The number of likely N-dealkylation sites (N-methyl/N-ethyl adjacent to an activating group) is 1. The number of carbonyl (C=O) groups excluding carboxylic acids is 1. The second-order valence-electron chi connectivity index (χ2n) is 6.48. The molecule has 0 fully saturated rings. The smallest absolute Gasteiger partial charge is 0.265 e. The molecule has 7 nitrogen and oxygen atoms in total.